The van der Waals surface area contributed by atoms with Crippen LogP contribution in [0.15, 0.2) is 24.3 Å². The number of carbonyl (C=O) groups is 1. The SMILES string of the molecule is CC[C@@H]1C[C@@H]2CCc3cc(OC)ccc3C2=CC1=O. The Morgan fingerprint density at radius 2 is 2.21 bits per heavy atom. The molecule has 2 heteroatoms. The molecule has 1 aromatic carbocycles. The largest absolute Gasteiger partial charge is 0.497 e. The Labute approximate surface area is 114 Å². The highest BCUT2D eigenvalue weighted by molar-refractivity contribution is 6.01. The molecule has 0 fully saturated rings. The number of benzene rings is 1. The lowest BCUT2D eigenvalue weighted by molar-refractivity contribution is -0.119. The monoisotopic (exact) mass is 256 g/mol. The van der Waals surface area contributed by atoms with Crippen molar-refractivity contribution in [2.24, 2.45) is 11.8 Å². The molecule has 0 amide bonds. The second-order valence-electron chi connectivity index (χ2n) is 5.60. The summed E-state index contributed by atoms with van der Waals surface area (Å²) in [5, 5.41) is 0. The summed E-state index contributed by atoms with van der Waals surface area (Å²) in [6.45, 7) is 2.11. The summed E-state index contributed by atoms with van der Waals surface area (Å²) in [5.74, 6) is 2.04. The van der Waals surface area contributed by atoms with Crippen LogP contribution < -0.4 is 4.74 Å². The third-order valence-corrected chi connectivity index (χ3v) is 4.59. The minimum atomic E-state index is 0.244. The van der Waals surface area contributed by atoms with Crippen LogP contribution in [0.5, 0.6) is 5.75 Å². The van der Waals surface area contributed by atoms with Gasteiger partial charge in [-0.3, -0.25) is 4.79 Å². The van der Waals surface area contributed by atoms with E-state index in [-0.39, 0.29) is 5.92 Å². The van der Waals surface area contributed by atoms with Crippen molar-refractivity contribution in [1.29, 1.82) is 0 Å². The molecule has 0 N–H and O–H groups in total. The van der Waals surface area contributed by atoms with Crippen molar-refractivity contribution in [1.82, 2.24) is 0 Å². The summed E-state index contributed by atoms with van der Waals surface area (Å²) in [6.07, 6.45) is 6.17. The average molecular weight is 256 g/mol. The van der Waals surface area contributed by atoms with E-state index in [1.807, 2.05) is 12.1 Å². The number of aryl methyl sites for hydroxylation is 1. The number of rotatable bonds is 2. The van der Waals surface area contributed by atoms with Crippen molar-refractivity contribution in [3.63, 3.8) is 0 Å². The molecule has 0 aromatic heterocycles. The van der Waals surface area contributed by atoms with Crippen molar-refractivity contribution < 1.29 is 9.53 Å². The van der Waals surface area contributed by atoms with Gasteiger partial charge in [-0.1, -0.05) is 13.0 Å². The fourth-order valence-electron chi connectivity index (χ4n) is 3.43. The van der Waals surface area contributed by atoms with E-state index in [4.69, 9.17) is 4.74 Å². The van der Waals surface area contributed by atoms with Gasteiger partial charge < -0.3 is 4.74 Å². The van der Waals surface area contributed by atoms with Gasteiger partial charge in [0.15, 0.2) is 5.78 Å². The van der Waals surface area contributed by atoms with Gasteiger partial charge in [0.1, 0.15) is 5.75 Å². The van der Waals surface area contributed by atoms with E-state index < -0.39 is 0 Å². The first-order chi connectivity index (χ1) is 9.22. The second kappa shape index (κ2) is 4.84. The van der Waals surface area contributed by atoms with E-state index in [0.29, 0.717) is 11.7 Å². The molecule has 0 unspecified atom stereocenters. The molecular formula is C17H20O2. The van der Waals surface area contributed by atoms with Crippen LogP contribution in [0.1, 0.15) is 37.3 Å². The van der Waals surface area contributed by atoms with E-state index in [2.05, 4.69) is 19.1 Å². The van der Waals surface area contributed by atoms with Crippen molar-refractivity contribution >= 4 is 11.4 Å². The van der Waals surface area contributed by atoms with Crippen LogP contribution in [0.4, 0.5) is 0 Å². The Bertz CT molecular complexity index is 542. The summed E-state index contributed by atoms with van der Waals surface area (Å²) in [7, 11) is 1.70. The van der Waals surface area contributed by atoms with Gasteiger partial charge in [-0.05, 0) is 66.5 Å². The third-order valence-electron chi connectivity index (χ3n) is 4.59. The van der Waals surface area contributed by atoms with Crippen LogP contribution >= 0.6 is 0 Å². The highest BCUT2D eigenvalue weighted by Gasteiger charge is 2.32. The molecule has 2 aliphatic rings. The number of hydrogen-bond acceptors (Lipinski definition) is 2. The molecule has 3 rings (SSSR count). The van der Waals surface area contributed by atoms with E-state index in [1.165, 1.54) is 16.7 Å². The quantitative estimate of drug-likeness (QED) is 0.807. The van der Waals surface area contributed by atoms with Crippen molar-refractivity contribution in [3.8, 4) is 5.75 Å². The minimum Gasteiger partial charge on any atom is -0.497 e. The van der Waals surface area contributed by atoms with Gasteiger partial charge in [-0.25, -0.2) is 0 Å². The topological polar surface area (TPSA) is 26.3 Å². The van der Waals surface area contributed by atoms with Crippen LogP contribution in [0.25, 0.3) is 5.57 Å². The molecule has 0 radical (unpaired) electrons. The van der Waals surface area contributed by atoms with E-state index in [1.54, 1.807) is 7.11 Å². The molecule has 2 aliphatic carbocycles. The molecule has 19 heavy (non-hydrogen) atoms. The predicted octanol–water partition coefficient (Wildman–Crippen LogP) is 3.64. The highest BCUT2D eigenvalue weighted by atomic mass is 16.5. The summed E-state index contributed by atoms with van der Waals surface area (Å²) in [6, 6.07) is 6.23. The first-order valence-electron chi connectivity index (χ1n) is 7.15. The molecule has 100 valence electrons. The Balaban J connectivity index is 2.02. The normalized spacial score (nSPS) is 25.4. The molecule has 0 saturated carbocycles. The molecule has 0 saturated heterocycles. The zero-order valence-electron chi connectivity index (χ0n) is 11.6. The average Bonchev–Trinajstić information content (AvgIpc) is 2.45. The van der Waals surface area contributed by atoms with Crippen LogP contribution in [-0.4, -0.2) is 12.9 Å². The Morgan fingerprint density at radius 1 is 1.37 bits per heavy atom. The van der Waals surface area contributed by atoms with Crippen molar-refractivity contribution in [3.05, 3.63) is 35.4 Å². The summed E-state index contributed by atoms with van der Waals surface area (Å²) in [4.78, 5) is 12.1. The lowest BCUT2D eigenvalue weighted by Gasteiger charge is -2.33. The zero-order chi connectivity index (χ0) is 13.4. The van der Waals surface area contributed by atoms with E-state index in [0.717, 1.165) is 31.4 Å². The van der Waals surface area contributed by atoms with Gasteiger partial charge >= 0.3 is 0 Å². The standard InChI is InChI=1S/C17H20O2/c1-3-11-8-12-4-5-13-9-14(19-2)6-7-15(13)16(12)10-17(11)18/h6-7,9-12H,3-5,8H2,1-2H3/t11-,12+/m1/s1. The van der Waals surface area contributed by atoms with Crippen LogP contribution in [0.2, 0.25) is 0 Å². The molecule has 0 aliphatic heterocycles. The molecule has 2 nitrogen and oxygen atoms in total. The second-order valence-corrected chi connectivity index (χ2v) is 5.60. The maximum Gasteiger partial charge on any atom is 0.159 e. The minimum absolute atomic E-state index is 0.244. The van der Waals surface area contributed by atoms with Crippen LogP contribution in [0, 0.1) is 11.8 Å². The number of ether oxygens (including phenoxy) is 1. The number of hydrogen-bond donors (Lipinski definition) is 0. The van der Waals surface area contributed by atoms with Crippen molar-refractivity contribution in [2.45, 2.75) is 32.6 Å². The van der Waals surface area contributed by atoms with Gasteiger partial charge in [0.2, 0.25) is 0 Å². The molecule has 2 atom stereocenters. The summed E-state index contributed by atoms with van der Waals surface area (Å²) >= 11 is 0. The maximum atomic E-state index is 12.1. The van der Waals surface area contributed by atoms with Crippen LogP contribution in [0.3, 0.4) is 0 Å². The Hall–Kier alpha value is -1.57. The van der Waals surface area contributed by atoms with Gasteiger partial charge in [0.25, 0.3) is 0 Å². The maximum absolute atomic E-state index is 12.1. The van der Waals surface area contributed by atoms with E-state index in [9.17, 15) is 4.79 Å². The fourth-order valence-corrected chi connectivity index (χ4v) is 3.43. The third kappa shape index (κ3) is 2.09. The predicted molar refractivity (Wildman–Crippen MR) is 76.2 cm³/mol. The van der Waals surface area contributed by atoms with Crippen LogP contribution in [-0.2, 0) is 11.2 Å². The number of ketones is 1. The molecule has 0 heterocycles. The van der Waals surface area contributed by atoms with Crippen molar-refractivity contribution in [2.75, 3.05) is 7.11 Å². The summed E-state index contributed by atoms with van der Waals surface area (Å²) in [5.41, 5.74) is 3.85. The molecular weight excluding hydrogens is 236 g/mol. The molecule has 0 spiro atoms. The first-order valence-corrected chi connectivity index (χ1v) is 7.15. The molecule has 1 aromatic rings. The van der Waals surface area contributed by atoms with Gasteiger partial charge in [0, 0.05) is 5.92 Å². The van der Waals surface area contributed by atoms with Gasteiger partial charge in [-0.2, -0.15) is 0 Å². The van der Waals surface area contributed by atoms with E-state index >= 15 is 0 Å². The number of methoxy groups -OCH3 is 1. The number of allylic oxidation sites excluding steroid dienone is 2. The smallest absolute Gasteiger partial charge is 0.159 e. The number of carbonyl (C=O) groups excluding carboxylic acids is 1. The molecule has 0 bridgehead atoms. The lowest BCUT2D eigenvalue weighted by Crippen LogP contribution is -2.26. The number of fused-ring (bicyclic) bond motifs is 3. The zero-order valence-corrected chi connectivity index (χ0v) is 11.6. The summed E-state index contributed by atoms with van der Waals surface area (Å²) < 4.78 is 5.29. The highest BCUT2D eigenvalue weighted by Crippen LogP contribution is 2.43. The Morgan fingerprint density at radius 3 is 2.95 bits per heavy atom. The van der Waals surface area contributed by atoms with Gasteiger partial charge in [-0.15, -0.1) is 0 Å². The first kappa shape index (κ1) is 12.5. The lowest BCUT2D eigenvalue weighted by atomic mass is 9.70. The van der Waals surface area contributed by atoms with Gasteiger partial charge in [0.05, 0.1) is 7.11 Å². The Kier molecular flexibility index (Phi) is 3.17. The fraction of sp³-hybridized carbons (Fsp3) is 0.471.